The lowest BCUT2D eigenvalue weighted by molar-refractivity contribution is -0.120. The van der Waals surface area contributed by atoms with Gasteiger partial charge in [-0.2, -0.15) is 13.9 Å². The van der Waals surface area contributed by atoms with E-state index in [1.165, 1.54) is 38.1 Å². The summed E-state index contributed by atoms with van der Waals surface area (Å²) in [6.07, 6.45) is -5.33. The van der Waals surface area contributed by atoms with Crippen molar-refractivity contribution in [2.75, 3.05) is 17.5 Å². The minimum absolute atomic E-state index is 0.00700. The summed E-state index contributed by atoms with van der Waals surface area (Å²) >= 11 is 6.61. The molecule has 2 aromatic carbocycles. The molecule has 3 saturated carbocycles. The Morgan fingerprint density at radius 1 is 1.05 bits per heavy atom. The van der Waals surface area contributed by atoms with Crippen LogP contribution in [0.5, 0.6) is 0 Å². The van der Waals surface area contributed by atoms with E-state index in [4.69, 9.17) is 17.3 Å². The number of halogens is 9. The van der Waals surface area contributed by atoms with Gasteiger partial charge >= 0.3 is 0 Å². The molecule has 64 heavy (non-hydrogen) atoms. The summed E-state index contributed by atoms with van der Waals surface area (Å²) in [5, 5.41) is 5.73. The molecule has 2 aromatic heterocycles. The fourth-order valence-electron chi connectivity index (χ4n) is 7.45. The lowest BCUT2D eigenvalue weighted by Gasteiger charge is -2.23. The molecule has 4 aromatic rings. The normalized spacial score (nSPS) is 20.3. The summed E-state index contributed by atoms with van der Waals surface area (Å²) in [6, 6.07) is 6.23. The van der Waals surface area contributed by atoms with Crippen LogP contribution in [0, 0.1) is 35.3 Å². The van der Waals surface area contributed by atoms with Gasteiger partial charge in [-0.1, -0.05) is 23.6 Å². The molecule has 1 amide bonds. The monoisotopic (exact) mass is 959 g/mol. The second kappa shape index (κ2) is 16.9. The third kappa shape index (κ3) is 9.42. The number of pyridine rings is 1. The van der Waals surface area contributed by atoms with E-state index in [0.29, 0.717) is 18.9 Å². The van der Waals surface area contributed by atoms with Crippen molar-refractivity contribution < 1.29 is 56.8 Å². The van der Waals surface area contributed by atoms with Crippen molar-refractivity contribution in [3.05, 3.63) is 87.3 Å². The zero-order valence-electron chi connectivity index (χ0n) is 33.9. The molecule has 3 aliphatic rings. The molecule has 3 unspecified atom stereocenters. The highest BCUT2D eigenvalue weighted by Gasteiger charge is 2.67. The van der Waals surface area contributed by atoms with E-state index >= 15 is 8.78 Å². The van der Waals surface area contributed by atoms with Crippen LogP contribution in [-0.2, 0) is 37.6 Å². The summed E-state index contributed by atoms with van der Waals surface area (Å²) in [6.45, 7) is 0.477. The summed E-state index contributed by atoms with van der Waals surface area (Å²) in [4.78, 5) is 22.2. The highest BCUT2D eigenvalue weighted by atomic mass is 35.5. The first-order valence-electron chi connectivity index (χ1n) is 19.5. The number of nitrogens with zero attached hydrogens (tertiary/aromatic N) is 4. The topological polar surface area (TPSA) is 178 Å². The van der Waals surface area contributed by atoms with Gasteiger partial charge in [-0.05, 0) is 87.3 Å². The standard InChI is InChI=1S/C41H38ClF8N7O5S2/c1-40(2,63(3,59)60)11-10-22-4-7-24(25-8-9-28(42)33-36(25)57(18-30(45)46)55-39(33)56-64(61,62)23-5-6-23)35(53-22)29(14-19-12-20(43)15-21(44)13-19)54-31(58)17-52-37-32(34(51)38(47)48)26-16-27(26)41(37,49)50/h4,7-9,12-13,15,23,26-27,29-30,38H,5-6,14,16-18,51H2,1-3H3,(H,54,58)(H,55,56). The third-order valence-electron chi connectivity index (χ3n) is 11.1. The van der Waals surface area contributed by atoms with Gasteiger partial charge in [-0.25, -0.2) is 48.2 Å². The van der Waals surface area contributed by atoms with E-state index in [-0.39, 0.29) is 56.2 Å². The number of hydrogen-bond donors (Lipinski definition) is 3. The molecular weight excluding hydrogens is 922 g/mol. The fourth-order valence-corrected chi connectivity index (χ4v) is 9.26. The maximum absolute atomic E-state index is 15.3. The van der Waals surface area contributed by atoms with E-state index in [2.05, 4.69) is 37.0 Å². The number of allylic oxidation sites excluding steroid dienone is 2. The molecule has 2 heterocycles. The Morgan fingerprint density at radius 2 is 1.70 bits per heavy atom. The predicted octanol–water partition coefficient (Wildman–Crippen LogP) is 6.98. The van der Waals surface area contributed by atoms with Crippen LogP contribution in [0.25, 0.3) is 22.0 Å². The fraction of sp³-hybridized carbons (Fsp3) is 0.415. The molecule has 23 heteroatoms. The molecule has 0 radical (unpaired) electrons. The molecule has 0 spiro atoms. The van der Waals surface area contributed by atoms with Gasteiger partial charge in [0.25, 0.3) is 18.8 Å². The van der Waals surface area contributed by atoms with Crippen molar-refractivity contribution >= 4 is 59.8 Å². The molecule has 3 fully saturated rings. The van der Waals surface area contributed by atoms with Crippen LogP contribution < -0.4 is 15.8 Å². The molecule has 0 bridgehead atoms. The minimum Gasteiger partial charge on any atom is -0.397 e. The smallest absolute Gasteiger partial charge is 0.292 e. The zero-order chi connectivity index (χ0) is 46.8. The maximum Gasteiger partial charge on any atom is 0.292 e. The molecule has 7 rings (SSSR count). The molecule has 0 aliphatic heterocycles. The van der Waals surface area contributed by atoms with Crippen LogP contribution >= 0.6 is 11.6 Å². The largest absolute Gasteiger partial charge is 0.397 e. The van der Waals surface area contributed by atoms with Crippen LogP contribution in [0.2, 0.25) is 5.02 Å². The average Bonchev–Trinajstić information content (AvgIpc) is 4.11. The number of carbonyl (C=O) groups is 1. The van der Waals surface area contributed by atoms with Gasteiger partial charge in [-0.3, -0.25) is 19.2 Å². The first kappa shape index (κ1) is 46.7. The SMILES string of the molecule is CC(C)(C#Cc1ccc(-c2ccc(Cl)c3c(NS(=O)(=O)C4CC4)nn(CC(F)F)c23)c(C(Cc2cc(F)cc(F)c2)NC(=O)CN=C2C(=C(N)C(F)F)C3CC3C2(F)F)n1)S(C)(=O)=O. The molecule has 0 saturated heterocycles. The van der Waals surface area contributed by atoms with Gasteiger partial charge in [0.05, 0.1) is 38.6 Å². The van der Waals surface area contributed by atoms with E-state index in [9.17, 15) is 48.0 Å². The molecule has 342 valence electrons. The first-order chi connectivity index (χ1) is 29.8. The number of aromatic nitrogens is 3. The Hall–Kier alpha value is -5.27. The number of aliphatic imine (C=N–C) groups is 1. The number of amides is 1. The number of anilines is 1. The Kier molecular flexibility index (Phi) is 12.4. The number of nitrogens with one attached hydrogen (secondary N) is 2. The number of alkyl halides is 6. The Balaban J connectivity index is 1.42. The van der Waals surface area contributed by atoms with Crippen LogP contribution in [0.3, 0.4) is 0 Å². The van der Waals surface area contributed by atoms with Crippen LogP contribution in [-0.4, -0.2) is 84.8 Å². The number of benzene rings is 2. The summed E-state index contributed by atoms with van der Waals surface area (Å²) in [5.41, 5.74) is 2.21. The summed E-state index contributed by atoms with van der Waals surface area (Å²) in [5.74, 6) is -4.33. The second-order valence-corrected chi connectivity index (χ2v) is 21.2. The van der Waals surface area contributed by atoms with Crippen molar-refractivity contribution in [1.29, 1.82) is 0 Å². The van der Waals surface area contributed by atoms with E-state index in [0.717, 1.165) is 23.1 Å². The van der Waals surface area contributed by atoms with E-state index in [1.807, 2.05) is 0 Å². The van der Waals surface area contributed by atoms with Crippen molar-refractivity contribution in [3.63, 3.8) is 0 Å². The van der Waals surface area contributed by atoms with Crippen molar-refractivity contribution in [3.8, 4) is 23.0 Å². The first-order valence-corrected chi connectivity index (χ1v) is 23.3. The second-order valence-electron chi connectivity index (χ2n) is 16.3. The number of hydrogen-bond acceptors (Lipinski definition) is 9. The van der Waals surface area contributed by atoms with E-state index in [1.54, 1.807) is 0 Å². The van der Waals surface area contributed by atoms with Gasteiger partial charge in [0.15, 0.2) is 15.7 Å². The van der Waals surface area contributed by atoms with Gasteiger partial charge in [0, 0.05) is 34.9 Å². The third-order valence-corrected chi connectivity index (χ3v) is 15.2. The highest BCUT2D eigenvalue weighted by Crippen LogP contribution is 2.62. The van der Waals surface area contributed by atoms with Crippen LogP contribution in [0.1, 0.15) is 56.1 Å². The van der Waals surface area contributed by atoms with Crippen LogP contribution in [0.15, 0.2) is 58.7 Å². The van der Waals surface area contributed by atoms with Crippen molar-refractivity contribution in [1.82, 2.24) is 20.1 Å². The molecule has 3 aliphatic carbocycles. The number of nitrogens with two attached hydrogens (primary N) is 1. The van der Waals surface area contributed by atoms with E-state index < -0.39 is 121 Å². The lowest BCUT2D eigenvalue weighted by atomic mass is 9.93. The molecule has 4 N–H and O–H groups in total. The Morgan fingerprint density at radius 3 is 2.31 bits per heavy atom. The minimum atomic E-state index is -4.04. The Labute approximate surface area is 366 Å². The number of sulfone groups is 1. The van der Waals surface area contributed by atoms with Crippen LogP contribution in [0.4, 0.5) is 40.9 Å². The maximum atomic E-state index is 15.3. The lowest BCUT2D eigenvalue weighted by Crippen LogP contribution is -2.35. The van der Waals surface area contributed by atoms with Gasteiger partial charge < -0.3 is 11.1 Å². The zero-order valence-corrected chi connectivity index (χ0v) is 36.3. The van der Waals surface area contributed by atoms with Gasteiger partial charge in [-0.15, -0.1) is 0 Å². The number of fused-ring (bicyclic) bond motifs is 2. The highest BCUT2D eigenvalue weighted by molar-refractivity contribution is 7.93. The molecule has 3 atom stereocenters. The van der Waals surface area contributed by atoms with Gasteiger partial charge in [0.2, 0.25) is 15.9 Å². The average molecular weight is 960 g/mol. The number of rotatable bonds is 14. The summed E-state index contributed by atoms with van der Waals surface area (Å²) < 4.78 is 168. The molecule has 12 nitrogen and oxygen atoms in total. The summed E-state index contributed by atoms with van der Waals surface area (Å²) in [7, 11) is -7.83. The Bertz CT molecular complexity index is 2910. The van der Waals surface area contributed by atoms with Crippen molar-refractivity contribution in [2.45, 2.75) is 80.9 Å². The van der Waals surface area contributed by atoms with Crippen molar-refractivity contribution in [2.24, 2.45) is 22.6 Å². The molecular formula is C41H38ClF8N7O5S2. The number of sulfonamides is 1. The number of carbonyl (C=O) groups excluding carboxylic acids is 1. The quantitative estimate of drug-likeness (QED) is 0.0896. The van der Waals surface area contributed by atoms with Gasteiger partial charge in [0.1, 0.15) is 40.9 Å². The predicted molar refractivity (Wildman–Crippen MR) is 222 cm³/mol.